The summed E-state index contributed by atoms with van der Waals surface area (Å²) in [6, 6.07) is 0.287. The highest BCUT2D eigenvalue weighted by Crippen LogP contribution is 2.35. The lowest BCUT2D eigenvalue weighted by Gasteiger charge is -2.18. The quantitative estimate of drug-likeness (QED) is 0.908. The van der Waals surface area contributed by atoms with Crippen LogP contribution in [0.3, 0.4) is 0 Å². The summed E-state index contributed by atoms with van der Waals surface area (Å²) in [6.45, 7) is 7.27. The van der Waals surface area contributed by atoms with E-state index in [9.17, 15) is 9.50 Å². The molecule has 1 fully saturated rings. The van der Waals surface area contributed by atoms with E-state index < -0.39 is 0 Å². The Morgan fingerprint density at radius 2 is 2.12 bits per heavy atom. The molecule has 24 heavy (non-hydrogen) atoms. The second-order valence-electron chi connectivity index (χ2n) is 6.61. The van der Waals surface area contributed by atoms with Crippen molar-refractivity contribution in [3.05, 3.63) is 35.8 Å². The lowest BCUT2D eigenvalue weighted by atomic mass is 9.92. The Morgan fingerprint density at radius 1 is 1.33 bits per heavy atom. The number of hydrogen-bond donors (Lipinski definition) is 1. The highest BCUT2D eigenvalue weighted by atomic mass is 19.1. The molecule has 130 valence electrons. The Balaban J connectivity index is 1.86. The van der Waals surface area contributed by atoms with Crippen LogP contribution in [-0.2, 0) is 6.42 Å². The molecular weight excluding hydrogens is 309 g/mol. The zero-order valence-corrected chi connectivity index (χ0v) is 14.4. The minimum absolute atomic E-state index is 0.0363. The Hall–Kier alpha value is -2.02. The van der Waals surface area contributed by atoms with Gasteiger partial charge in [-0.15, -0.1) is 0 Å². The largest absolute Gasteiger partial charge is 0.396 e. The summed E-state index contributed by atoms with van der Waals surface area (Å²) >= 11 is 0. The number of halogens is 1. The maximum absolute atomic E-state index is 14.5. The molecule has 0 spiro atoms. The highest BCUT2D eigenvalue weighted by Gasteiger charge is 2.36. The van der Waals surface area contributed by atoms with Gasteiger partial charge in [0.2, 0.25) is 0 Å². The first-order valence-electron chi connectivity index (χ1n) is 8.44. The lowest BCUT2D eigenvalue weighted by Crippen LogP contribution is -2.23. The van der Waals surface area contributed by atoms with E-state index in [1.165, 1.54) is 6.33 Å². The molecular formula is C17H24FN5O. The fourth-order valence-corrected chi connectivity index (χ4v) is 3.30. The normalized spacial score (nSPS) is 21.0. The van der Waals surface area contributed by atoms with Crippen molar-refractivity contribution in [1.82, 2.24) is 19.7 Å². The van der Waals surface area contributed by atoms with Crippen molar-refractivity contribution < 1.29 is 9.50 Å². The monoisotopic (exact) mass is 333 g/mol. The van der Waals surface area contributed by atoms with E-state index >= 15 is 0 Å². The Kier molecular flexibility index (Phi) is 4.80. The summed E-state index contributed by atoms with van der Waals surface area (Å²) in [6.07, 6.45) is 5.82. The predicted molar refractivity (Wildman–Crippen MR) is 89.5 cm³/mol. The zero-order chi connectivity index (χ0) is 17.3. The molecule has 0 bridgehead atoms. The lowest BCUT2D eigenvalue weighted by molar-refractivity contribution is 0.227. The molecule has 2 aromatic heterocycles. The Morgan fingerprint density at radius 3 is 2.75 bits per heavy atom. The first-order chi connectivity index (χ1) is 11.5. The third-order valence-corrected chi connectivity index (χ3v) is 4.73. The van der Waals surface area contributed by atoms with Gasteiger partial charge in [0.05, 0.1) is 11.9 Å². The number of anilines is 1. The van der Waals surface area contributed by atoms with Gasteiger partial charge in [-0.2, -0.15) is 5.10 Å². The maximum atomic E-state index is 14.5. The number of aromatic nitrogens is 4. The zero-order valence-electron chi connectivity index (χ0n) is 14.4. The van der Waals surface area contributed by atoms with Gasteiger partial charge in [0.25, 0.3) is 0 Å². The third kappa shape index (κ3) is 3.00. The molecule has 0 aromatic carbocycles. The minimum Gasteiger partial charge on any atom is -0.396 e. The SMILES string of the molecule is CCc1ncnc(N2C[C@@H](CO)[C@H](c3cnn(C(C)C)c3)C2)c1F. The maximum Gasteiger partial charge on any atom is 0.187 e. The first-order valence-corrected chi connectivity index (χ1v) is 8.44. The molecule has 3 rings (SSSR count). The van der Waals surface area contributed by atoms with Crippen molar-refractivity contribution in [2.75, 3.05) is 24.6 Å². The number of aryl methyl sites for hydroxylation is 1. The van der Waals surface area contributed by atoms with Crippen LogP contribution < -0.4 is 4.90 Å². The van der Waals surface area contributed by atoms with E-state index in [1.807, 2.05) is 28.9 Å². The van der Waals surface area contributed by atoms with Crippen molar-refractivity contribution in [2.24, 2.45) is 5.92 Å². The molecule has 0 saturated carbocycles. The molecule has 0 aliphatic carbocycles. The molecule has 2 atom stereocenters. The smallest absolute Gasteiger partial charge is 0.187 e. The topological polar surface area (TPSA) is 67.1 Å². The molecule has 0 radical (unpaired) electrons. The number of hydrogen-bond acceptors (Lipinski definition) is 5. The van der Waals surface area contributed by atoms with Crippen LogP contribution in [0, 0.1) is 11.7 Å². The standard InChI is InChI=1S/C17H24FN5O/c1-4-15-16(18)17(20-10-19-15)22-6-13(9-24)14(8-22)12-5-21-23(7-12)11(2)3/h5,7,10-11,13-14,24H,4,6,8-9H2,1-3H3/t13-,14-/m0/s1. The molecule has 1 aliphatic heterocycles. The molecule has 1 saturated heterocycles. The molecule has 7 heteroatoms. The van der Waals surface area contributed by atoms with Gasteiger partial charge in [-0.25, -0.2) is 14.4 Å². The van der Waals surface area contributed by atoms with Gasteiger partial charge in [-0.1, -0.05) is 6.92 Å². The average Bonchev–Trinajstić information content (AvgIpc) is 3.21. The van der Waals surface area contributed by atoms with Crippen LogP contribution in [0.1, 0.15) is 44.0 Å². The van der Waals surface area contributed by atoms with Crippen molar-refractivity contribution in [3.8, 4) is 0 Å². The van der Waals surface area contributed by atoms with Crippen molar-refractivity contribution in [2.45, 2.75) is 39.2 Å². The summed E-state index contributed by atoms with van der Waals surface area (Å²) in [4.78, 5) is 10.0. The van der Waals surface area contributed by atoms with Gasteiger partial charge < -0.3 is 10.0 Å². The van der Waals surface area contributed by atoms with E-state index in [2.05, 4.69) is 28.9 Å². The van der Waals surface area contributed by atoms with E-state index in [4.69, 9.17) is 0 Å². The van der Waals surface area contributed by atoms with E-state index in [0.29, 0.717) is 31.0 Å². The fourth-order valence-electron chi connectivity index (χ4n) is 3.30. The number of aliphatic hydroxyl groups is 1. The van der Waals surface area contributed by atoms with Crippen molar-refractivity contribution in [3.63, 3.8) is 0 Å². The van der Waals surface area contributed by atoms with Crippen LogP contribution in [-0.4, -0.2) is 44.6 Å². The van der Waals surface area contributed by atoms with Gasteiger partial charge in [0.1, 0.15) is 6.33 Å². The summed E-state index contributed by atoms with van der Waals surface area (Å²) in [5.41, 5.74) is 1.51. The number of rotatable bonds is 5. The second-order valence-corrected chi connectivity index (χ2v) is 6.61. The van der Waals surface area contributed by atoms with Crippen molar-refractivity contribution >= 4 is 5.82 Å². The fraction of sp³-hybridized carbons (Fsp3) is 0.588. The van der Waals surface area contributed by atoms with Crippen LogP contribution >= 0.6 is 0 Å². The van der Waals surface area contributed by atoms with Gasteiger partial charge in [-0.05, 0) is 25.8 Å². The third-order valence-electron chi connectivity index (χ3n) is 4.73. The van der Waals surface area contributed by atoms with Gasteiger partial charge in [0, 0.05) is 43.8 Å². The van der Waals surface area contributed by atoms with Crippen LogP contribution in [0.5, 0.6) is 0 Å². The van der Waals surface area contributed by atoms with E-state index in [-0.39, 0.29) is 30.3 Å². The van der Waals surface area contributed by atoms with Gasteiger partial charge >= 0.3 is 0 Å². The Bertz CT molecular complexity index is 702. The molecule has 1 N–H and O–H groups in total. The Labute approximate surface area is 141 Å². The van der Waals surface area contributed by atoms with Crippen molar-refractivity contribution in [1.29, 1.82) is 0 Å². The summed E-state index contributed by atoms with van der Waals surface area (Å²) in [5.74, 6) is 0.130. The summed E-state index contributed by atoms with van der Waals surface area (Å²) in [7, 11) is 0. The molecule has 6 nitrogen and oxygen atoms in total. The van der Waals surface area contributed by atoms with E-state index in [0.717, 1.165) is 5.56 Å². The highest BCUT2D eigenvalue weighted by molar-refractivity contribution is 5.44. The summed E-state index contributed by atoms with van der Waals surface area (Å²) in [5, 5.41) is 14.2. The molecule has 0 amide bonds. The predicted octanol–water partition coefficient (Wildman–Crippen LogP) is 2.17. The minimum atomic E-state index is -0.352. The van der Waals surface area contributed by atoms with Crippen LogP contribution in [0.4, 0.5) is 10.2 Å². The summed E-state index contributed by atoms with van der Waals surface area (Å²) < 4.78 is 16.5. The van der Waals surface area contributed by atoms with Crippen LogP contribution in [0.25, 0.3) is 0 Å². The van der Waals surface area contributed by atoms with Gasteiger partial charge in [0.15, 0.2) is 11.6 Å². The molecule has 3 heterocycles. The van der Waals surface area contributed by atoms with E-state index in [1.54, 1.807) is 0 Å². The molecule has 2 aromatic rings. The average molecular weight is 333 g/mol. The molecule has 1 aliphatic rings. The van der Waals surface area contributed by atoms with Crippen LogP contribution in [0.15, 0.2) is 18.7 Å². The number of nitrogens with zero attached hydrogens (tertiary/aromatic N) is 5. The first kappa shape index (κ1) is 16.8. The van der Waals surface area contributed by atoms with Gasteiger partial charge in [-0.3, -0.25) is 4.68 Å². The second kappa shape index (κ2) is 6.84. The molecule has 0 unspecified atom stereocenters. The van der Waals surface area contributed by atoms with Crippen LogP contribution in [0.2, 0.25) is 0 Å². The number of aliphatic hydroxyl groups excluding tert-OH is 1.